The maximum atomic E-state index is 15.0. The Hall–Kier alpha value is -5.38. The van der Waals surface area contributed by atoms with E-state index in [0.717, 1.165) is 130 Å². The number of carbonyl (C=O) groups excluding carboxylic acids is 3. The molecule has 64 heavy (non-hydrogen) atoms. The first kappa shape index (κ1) is 45.2. The van der Waals surface area contributed by atoms with E-state index in [1.807, 2.05) is 38.1 Å². The van der Waals surface area contributed by atoms with Gasteiger partial charge in [-0.15, -0.1) is 6.42 Å². The summed E-state index contributed by atoms with van der Waals surface area (Å²) >= 11 is 0. The van der Waals surface area contributed by atoms with Crippen molar-refractivity contribution in [1.82, 2.24) is 19.8 Å². The van der Waals surface area contributed by atoms with Crippen molar-refractivity contribution in [3.8, 4) is 18.4 Å². The zero-order chi connectivity index (χ0) is 45.0. The lowest BCUT2D eigenvalue weighted by molar-refractivity contribution is -0.125. The van der Waals surface area contributed by atoms with Crippen molar-refractivity contribution in [3.63, 3.8) is 0 Å². The van der Waals surface area contributed by atoms with E-state index in [1.165, 1.54) is 37.5 Å². The van der Waals surface area contributed by atoms with E-state index in [4.69, 9.17) is 21.1 Å². The Kier molecular flexibility index (Phi) is 14.0. The van der Waals surface area contributed by atoms with Gasteiger partial charge in [-0.3, -0.25) is 14.5 Å². The summed E-state index contributed by atoms with van der Waals surface area (Å²) in [7, 11) is 0. The van der Waals surface area contributed by atoms with E-state index in [9.17, 15) is 18.8 Å². The largest absolute Gasteiger partial charge is 0.463 e. The van der Waals surface area contributed by atoms with Crippen molar-refractivity contribution in [3.05, 3.63) is 82.3 Å². The molecule has 1 saturated carbocycles. The van der Waals surface area contributed by atoms with Crippen molar-refractivity contribution >= 4 is 45.4 Å². The highest BCUT2D eigenvalue weighted by atomic mass is 19.1. The Morgan fingerprint density at radius 3 is 2.38 bits per heavy atom. The molecule has 0 bridgehead atoms. The molecule has 1 amide bonds. The number of ether oxygens (including phenoxy) is 1. The maximum Gasteiger partial charge on any atom is 0.318 e. The summed E-state index contributed by atoms with van der Waals surface area (Å²) in [6, 6.07) is 15.3. The number of piperazine rings is 1. The van der Waals surface area contributed by atoms with Gasteiger partial charge in [0.2, 0.25) is 5.91 Å². The zero-order valence-electron chi connectivity index (χ0n) is 38.3. The second kappa shape index (κ2) is 19.8. The van der Waals surface area contributed by atoms with Gasteiger partial charge in [-0.2, -0.15) is 9.97 Å². The summed E-state index contributed by atoms with van der Waals surface area (Å²) in [4.78, 5) is 59.7. The summed E-state index contributed by atoms with van der Waals surface area (Å²) in [5.74, 6) is 3.06. The van der Waals surface area contributed by atoms with Crippen LogP contribution in [-0.4, -0.2) is 102 Å². The average molecular weight is 870 g/mol. The summed E-state index contributed by atoms with van der Waals surface area (Å²) in [5.41, 5.74) is 6.30. The fourth-order valence-corrected chi connectivity index (χ4v) is 10.2. The lowest BCUT2D eigenvalue weighted by Gasteiger charge is -2.37. The Bertz CT molecular complexity index is 2410. The fraction of sp³-hybridized carbons (Fsp3) is 0.519. The first-order valence-corrected chi connectivity index (χ1v) is 23.5. The van der Waals surface area contributed by atoms with Crippen LogP contribution < -0.4 is 19.4 Å². The van der Waals surface area contributed by atoms with Crippen LogP contribution >= 0.6 is 0 Å². The van der Waals surface area contributed by atoms with Gasteiger partial charge in [0.25, 0.3) is 0 Å². The molecule has 4 aromatic rings. The molecule has 8 rings (SSSR count). The molecule has 12 heteroatoms. The zero-order valence-corrected chi connectivity index (χ0v) is 38.3. The van der Waals surface area contributed by atoms with Crippen molar-refractivity contribution in [2.45, 2.75) is 111 Å². The van der Waals surface area contributed by atoms with Gasteiger partial charge < -0.3 is 29.1 Å². The van der Waals surface area contributed by atoms with Crippen molar-refractivity contribution in [2.75, 3.05) is 73.7 Å². The summed E-state index contributed by atoms with van der Waals surface area (Å²) < 4.78 is 21.6. The monoisotopic (exact) mass is 870 g/mol. The highest BCUT2D eigenvalue weighted by Crippen LogP contribution is 2.47. The quantitative estimate of drug-likeness (QED) is 0.0970. The molecule has 0 spiro atoms. The third-order valence-electron chi connectivity index (χ3n) is 13.8. The number of nitrogens with zero attached hydrogens (tertiary/aromatic N) is 7. The molecule has 1 atom stereocenters. The van der Waals surface area contributed by atoms with Crippen LogP contribution in [0.5, 0.6) is 6.01 Å². The number of aryl methyl sites for hydroxylation is 1. The molecule has 1 aromatic heterocycles. The average Bonchev–Trinajstić information content (AvgIpc) is 4.06. The predicted molar refractivity (Wildman–Crippen MR) is 252 cm³/mol. The van der Waals surface area contributed by atoms with Gasteiger partial charge in [-0.05, 0) is 99.9 Å². The smallest absolute Gasteiger partial charge is 0.318 e. The minimum atomic E-state index is -0.646. The predicted octanol–water partition coefficient (Wildman–Crippen LogP) is 8.05. The number of fused-ring (bicyclic) bond motifs is 2. The molecule has 11 nitrogen and oxygen atoms in total. The van der Waals surface area contributed by atoms with Gasteiger partial charge in [0, 0.05) is 106 Å². The topological polar surface area (TPSA) is 102 Å². The number of anilines is 3. The number of aromatic nitrogens is 2. The third kappa shape index (κ3) is 10.1. The van der Waals surface area contributed by atoms with Crippen LogP contribution in [-0.2, 0) is 33.9 Å². The van der Waals surface area contributed by atoms with Crippen LogP contribution in [0.1, 0.15) is 107 Å². The number of terminal acetylenes is 1. The van der Waals surface area contributed by atoms with Crippen molar-refractivity contribution in [1.29, 1.82) is 0 Å². The number of amides is 1. The lowest BCUT2D eigenvalue weighted by atomic mass is 9.98. The van der Waals surface area contributed by atoms with E-state index in [2.05, 4.69) is 37.7 Å². The SMILES string of the molecule is C#Cc1c(F)ccc2cccc(N3CCc4c(nc(OCC5(CN6CCN(Cc7ccc(N(C(C)=O)C(CCC(C)=O)C(=O)CCC)c(C)c7)CC6)CC5)nc4N4CCCCC4)C3)c12. The van der Waals surface area contributed by atoms with Gasteiger partial charge in [-0.25, -0.2) is 4.39 Å². The molecule has 1 aliphatic carbocycles. The molecule has 2 saturated heterocycles. The molecule has 338 valence electrons. The van der Waals surface area contributed by atoms with Gasteiger partial charge in [-0.1, -0.05) is 43.2 Å². The van der Waals surface area contributed by atoms with Crippen LogP contribution in [0.25, 0.3) is 10.8 Å². The molecule has 4 heterocycles. The molecule has 3 aromatic carbocycles. The van der Waals surface area contributed by atoms with E-state index < -0.39 is 6.04 Å². The number of piperidine rings is 1. The molecule has 0 N–H and O–H groups in total. The number of benzene rings is 3. The van der Waals surface area contributed by atoms with Crippen molar-refractivity contribution < 1.29 is 23.5 Å². The molecule has 3 fully saturated rings. The first-order valence-electron chi connectivity index (χ1n) is 23.5. The second-order valence-electron chi connectivity index (χ2n) is 18.7. The van der Waals surface area contributed by atoms with Gasteiger partial charge in [0.15, 0.2) is 5.78 Å². The van der Waals surface area contributed by atoms with Crippen molar-refractivity contribution in [2.24, 2.45) is 5.41 Å². The molecular formula is C52H64FN7O4. The summed E-state index contributed by atoms with van der Waals surface area (Å²) in [5, 5.41) is 1.69. The highest BCUT2D eigenvalue weighted by Gasteiger charge is 2.45. The molecule has 1 unspecified atom stereocenters. The second-order valence-corrected chi connectivity index (χ2v) is 18.7. The van der Waals surface area contributed by atoms with Gasteiger partial charge >= 0.3 is 6.01 Å². The number of Topliss-reactive ketones (excluding diaryl/α,β-unsaturated/α-hetero) is 2. The maximum absolute atomic E-state index is 15.0. The standard InChI is InChI=1S/C52H64FN7O4/c1-6-12-48(63)46(19-15-37(4)61)60(38(5)62)45-20-16-39(31-36(45)3)32-56-27-29-57(30-28-56)34-52(22-23-52)35-64-51-54-44-33-59(26-21-42(44)50(55-51)58-24-9-8-10-25-58)47-14-11-13-40-17-18-43(53)41(7-2)49(40)47/h2,11,13-14,16-18,20,31,46H,6,8-10,12,15,19,21-30,32-35H2,1,3-5H3. The lowest BCUT2D eigenvalue weighted by Crippen LogP contribution is -2.48. The normalized spacial score (nSPS) is 18.0. The van der Waals surface area contributed by atoms with Crippen LogP contribution in [0.15, 0.2) is 48.5 Å². The van der Waals surface area contributed by atoms with E-state index in [-0.39, 0.29) is 35.1 Å². The number of hydrogen-bond donors (Lipinski definition) is 0. The summed E-state index contributed by atoms with van der Waals surface area (Å²) in [6.07, 6.45) is 14.1. The van der Waals surface area contributed by atoms with E-state index >= 15 is 0 Å². The number of halogens is 1. The van der Waals surface area contributed by atoms with Crippen LogP contribution in [0.3, 0.4) is 0 Å². The molecule has 4 aliphatic rings. The minimum absolute atomic E-state index is 0.000677. The Labute approximate surface area is 378 Å². The summed E-state index contributed by atoms with van der Waals surface area (Å²) in [6.45, 7) is 16.5. The highest BCUT2D eigenvalue weighted by molar-refractivity contribution is 6.01. The van der Waals surface area contributed by atoms with E-state index in [1.54, 1.807) is 11.0 Å². The molecule has 0 radical (unpaired) electrons. The van der Waals surface area contributed by atoms with Crippen LogP contribution in [0.4, 0.5) is 21.6 Å². The Morgan fingerprint density at radius 2 is 1.69 bits per heavy atom. The first-order chi connectivity index (χ1) is 31.0. The third-order valence-corrected chi connectivity index (χ3v) is 13.8. The Morgan fingerprint density at radius 1 is 0.922 bits per heavy atom. The number of carbonyl (C=O) groups is 3. The number of ketones is 2. The minimum Gasteiger partial charge on any atom is -0.463 e. The van der Waals surface area contributed by atoms with Gasteiger partial charge in [0.1, 0.15) is 17.4 Å². The molecular weight excluding hydrogens is 806 g/mol. The molecule has 3 aliphatic heterocycles. The van der Waals surface area contributed by atoms with Gasteiger partial charge in [0.05, 0.1) is 30.5 Å². The van der Waals surface area contributed by atoms with E-state index in [0.29, 0.717) is 44.0 Å². The number of rotatable bonds is 17. The Balaban J connectivity index is 0.904. The van der Waals surface area contributed by atoms with Crippen LogP contribution in [0, 0.1) is 30.5 Å². The number of hydrogen-bond acceptors (Lipinski definition) is 10. The fourth-order valence-electron chi connectivity index (χ4n) is 10.2. The van der Waals surface area contributed by atoms with Crippen LogP contribution in [0.2, 0.25) is 0 Å².